The number of H-pyrrole nitrogens is 1. The molecule has 0 spiro atoms. The number of rotatable bonds is 4. The zero-order valence-electron chi connectivity index (χ0n) is 14.0. The van der Waals surface area contributed by atoms with Crippen molar-refractivity contribution in [3.8, 4) is 11.1 Å². The molecule has 0 atom stereocenters. The summed E-state index contributed by atoms with van der Waals surface area (Å²) in [4.78, 5) is 39.9. The molecule has 0 unspecified atom stereocenters. The number of para-hydroxylation sites is 1. The Kier molecular flexibility index (Phi) is 4.66. The number of nitrogens with one attached hydrogen (secondary N) is 1. The summed E-state index contributed by atoms with van der Waals surface area (Å²) in [6.45, 7) is 1.56. The van der Waals surface area contributed by atoms with E-state index in [1.165, 1.54) is 0 Å². The van der Waals surface area contributed by atoms with Crippen LogP contribution in [-0.2, 0) is 0 Å². The summed E-state index contributed by atoms with van der Waals surface area (Å²) in [5, 5.41) is 19.1. The maximum Gasteiger partial charge on any atom is 0.342 e. The Morgan fingerprint density at radius 1 is 1.00 bits per heavy atom. The lowest BCUT2D eigenvalue weighted by atomic mass is 9.93. The van der Waals surface area contributed by atoms with E-state index in [4.69, 9.17) is 5.73 Å². The lowest BCUT2D eigenvalue weighted by Crippen LogP contribution is -2.30. The molecule has 2 heterocycles. The number of nitrogens with zero attached hydrogens (tertiary/aromatic N) is 1. The molecule has 1 aromatic carbocycles. The van der Waals surface area contributed by atoms with Crippen molar-refractivity contribution in [1.29, 1.82) is 0 Å². The molecule has 1 aliphatic heterocycles. The van der Waals surface area contributed by atoms with E-state index >= 15 is 0 Å². The van der Waals surface area contributed by atoms with Crippen LogP contribution in [0.15, 0.2) is 29.1 Å². The Labute approximate surface area is 148 Å². The van der Waals surface area contributed by atoms with Crippen LogP contribution in [0.2, 0.25) is 0 Å². The average molecular weight is 357 g/mol. The van der Waals surface area contributed by atoms with Crippen LogP contribution >= 0.6 is 0 Å². The number of carboxylic acids is 2. The van der Waals surface area contributed by atoms with Crippen molar-refractivity contribution in [3.05, 3.63) is 45.7 Å². The maximum absolute atomic E-state index is 12.2. The van der Waals surface area contributed by atoms with Gasteiger partial charge in [-0.3, -0.25) is 4.79 Å². The highest BCUT2D eigenvalue weighted by Crippen LogP contribution is 2.37. The van der Waals surface area contributed by atoms with Crippen LogP contribution < -0.4 is 16.2 Å². The van der Waals surface area contributed by atoms with Crippen LogP contribution in [0.3, 0.4) is 0 Å². The zero-order valence-corrected chi connectivity index (χ0v) is 14.0. The maximum atomic E-state index is 12.2. The van der Waals surface area contributed by atoms with Crippen molar-refractivity contribution in [2.75, 3.05) is 23.7 Å². The molecule has 0 radical (unpaired) electrons. The van der Waals surface area contributed by atoms with E-state index in [-0.39, 0.29) is 11.4 Å². The molecule has 8 nitrogen and oxygen atoms in total. The van der Waals surface area contributed by atoms with Crippen molar-refractivity contribution in [2.45, 2.75) is 19.3 Å². The second-order valence-corrected chi connectivity index (χ2v) is 6.17. The van der Waals surface area contributed by atoms with Gasteiger partial charge in [0.05, 0.1) is 0 Å². The van der Waals surface area contributed by atoms with E-state index in [1.807, 2.05) is 0 Å². The third kappa shape index (κ3) is 3.01. The quantitative estimate of drug-likeness (QED) is 0.657. The molecule has 0 amide bonds. The predicted octanol–water partition coefficient (Wildman–Crippen LogP) is 2.01. The van der Waals surface area contributed by atoms with E-state index in [9.17, 15) is 24.6 Å². The monoisotopic (exact) mass is 357 g/mol. The number of anilines is 2. The molecule has 1 saturated heterocycles. The number of nitrogen functional groups attached to an aromatic ring is 1. The van der Waals surface area contributed by atoms with Gasteiger partial charge in [-0.25, -0.2) is 9.59 Å². The number of hydrogen-bond donors (Lipinski definition) is 4. The molecule has 1 aliphatic rings. The molecule has 1 fully saturated rings. The summed E-state index contributed by atoms with van der Waals surface area (Å²) in [6, 6.07) is 6.90. The van der Waals surface area contributed by atoms with Gasteiger partial charge in [0.15, 0.2) is 0 Å². The lowest BCUT2D eigenvalue weighted by molar-refractivity contribution is 0.0695. The third-order valence-corrected chi connectivity index (χ3v) is 4.54. The van der Waals surface area contributed by atoms with Gasteiger partial charge in [-0.05, 0) is 25.3 Å². The summed E-state index contributed by atoms with van der Waals surface area (Å²) in [7, 11) is 0. The van der Waals surface area contributed by atoms with Gasteiger partial charge >= 0.3 is 11.9 Å². The smallest absolute Gasteiger partial charge is 0.342 e. The largest absolute Gasteiger partial charge is 0.478 e. The van der Waals surface area contributed by atoms with Gasteiger partial charge in [0, 0.05) is 29.9 Å². The molecule has 2 aromatic rings. The first-order valence-electron chi connectivity index (χ1n) is 8.28. The Balaban J connectivity index is 2.35. The molecule has 0 bridgehead atoms. The van der Waals surface area contributed by atoms with Gasteiger partial charge in [-0.1, -0.05) is 18.2 Å². The third-order valence-electron chi connectivity index (χ3n) is 4.54. The highest BCUT2D eigenvalue weighted by molar-refractivity contribution is 6.08. The van der Waals surface area contributed by atoms with E-state index in [0.717, 1.165) is 32.4 Å². The fourth-order valence-corrected chi connectivity index (χ4v) is 3.41. The van der Waals surface area contributed by atoms with Crippen molar-refractivity contribution in [3.63, 3.8) is 0 Å². The molecule has 8 heteroatoms. The zero-order chi connectivity index (χ0) is 18.8. The van der Waals surface area contributed by atoms with Crippen LogP contribution in [0.1, 0.15) is 40.0 Å². The van der Waals surface area contributed by atoms with Gasteiger partial charge < -0.3 is 25.8 Å². The number of nitrogens with two attached hydrogens (primary N) is 1. The first-order valence-corrected chi connectivity index (χ1v) is 8.28. The lowest BCUT2D eigenvalue weighted by Gasteiger charge is -2.31. The highest BCUT2D eigenvalue weighted by atomic mass is 16.4. The van der Waals surface area contributed by atoms with E-state index in [1.54, 1.807) is 24.3 Å². The molecule has 26 heavy (non-hydrogen) atoms. The van der Waals surface area contributed by atoms with Crippen molar-refractivity contribution >= 4 is 23.4 Å². The van der Waals surface area contributed by atoms with Gasteiger partial charge in [0.1, 0.15) is 16.9 Å². The number of pyridine rings is 1. The molecule has 5 N–H and O–H groups in total. The summed E-state index contributed by atoms with van der Waals surface area (Å²) in [5.41, 5.74) is 4.67. The normalized spacial score (nSPS) is 14.2. The van der Waals surface area contributed by atoms with Crippen LogP contribution in [0, 0.1) is 0 Å². The Hall–Kier alpha value is -3.29. The van der Waals surface area contributed by atoms with E-state index in [2.05, 4.69) is 9.88 Å². The fourth-order valence-electron chi connectivity index (χ4n) is 3.41. The number of piperidine rings is 1. The topological polar surface area (TPSA) is 137 Å². The van der Waals surface area contributed by atoms with Gasteiger partial charge in [-0.15, -0.1) is 0 Å². The van der Waals surface area contributed by atoms with Crippen LogP contribution in [0.5, 0.6) is 0 Å². The predicted molar refractivity (Wildman–Crippen MR) is 96.9 cm³/mol. The van der Waals surface area contributed by atoms with Gasteiger partial charge in [0.2, 0.25) is 0 Å². The van der Waals surface area contributed by atoms with Crippen LogP contribution in [0.4, 0.5) is 11.5 Å². The minimum Gasteiger partial charge on any atom is -0.478 e. The molecule has 1 aromatic heterocycles. The first kappa shape index (κ1) is 17.5. The second-order valence-electron chi connectivity index (χ2n) is 6.17. The molecule has 0 saturated carbocycles. The van der Waals surface area contributed by atoms with Crippen LogP contribution in [-0.4, -0.2) is 40.2 Å². The Morgan fingerprint density at radius 3 is 2.23 bits per heavy atom. The standard InChI is InChI=1S/C18H19N3O5/c19-15-13(17(23)24)12(14(18(25)26)16(22)20-15)10-6-2-3-7-11(10)21-8-4-1-5-9-21/h2-3,6-7H,1,4-5,8-9H2,(H,23,24)(H,25,26)(H3,19,20,22). The first-order chi connectivity index (χ1) is 12.4. The van der Waals surface area contributed by atoms with Gasteiger partial charge in [-0.2, -0.15) is 0 Å². The SMILES string of the molecule is Nc1[nH]c(=O)c(C(=O)O)c(-c2ccccc2N2CCCCC2)c1C(=O)O. The number of aromatic carboxylic acids is 2. The Bertz CT molecular complexity index is 929. The minimum absolute atomic E-state index is 0.160. The molecule has 3 rings (SSSR count). The minimum atomic E-state index is -1.50. The number of aromatic amines is 1. The highest BCUT2D eigenvalue weighted by Gasteiger charge is 2.29. The van der Waals surface area contributed by atoms with Crippen LogP contribution in [0.25, 0.3) is 11.1 Å². The van der Waals surface area contributed by atoms with Gasteiger partial charge in [0.25, 0.3) is 5.56 Å². The summed E-state index contributed by atoms with van der Waals surface area (Å²) in [5.74, 6) is -3.27. The number of hydrogen-bond acceptors (Lipinski definition) is 5. The van der Waals surface area contributed by atoms with E-state index < -0.39 is 28.6 Å². The molecule has 136 valence electrons. The Morgan fingerprint density at radius 2 is 1.62 bits per heavy atom. The van der Waals surface area contributed by atoms with Crippen molar-refractivity contribution < 1.29 is 19.8 Å². The summed E-state index contributed by atoms with van der Waals surface area (Å²) < 4.78 is 0. The second kappa shape index (κ2) is 6.91. The van der Waals surface area contributed by atoms with E-state index in [0.29, 0.717) is 11.3 Å². The number of benzene rings is 1. The number of carboxylic acid groups (broad SMARTS) is 2. The summed E-state index contributed by atoms with van der Waals surface area (Å²) >= 11 is 0. The molecular weight excluding hydrogens is 338 g/mol. The average Bonchev–Trinajstić information content (AvgIpc) is 2.61. The summed E-state index contributed by atoms with van der Waals surface area (Å²) in [6.07, 6.45) is 3.09. The van der Waals surface area contributed by atoms with Crippen molar-refractivity contribution in [2.24, 2.45) is 0 Å². The molecular formula is C18H19N3O5. The van der Waals surface area contributed by atoms with Crippen molar-refractivity contribution in [1.82, 2.24) is 4.98 Å². The number of aromatic nitrogens is 1. The molecule has 0 aliphatic carbocycles. The number of carbonyl (C=O) groups is 2. The fraction of sp³-hybridized carbons (Fsp3) is 0.278.